The molecule has 7 heteroatoms. The predicted octanol–water partition coefficient (Wildman–Crippen LogP) is -0.0361. The van der Waals surface area contributed by atoms with Gasteiger partial charge in [0.15, 0.2) is 0 Å². The fourth-order valence-electron chi connectivity index (χ4n) is 2.45. The molecule has 2 heterocycles. The average molecular weight is 264 g/mol. The van der Waals surface area contributed by atoms with Crippen molar-refractivity contribution in [1.29, 1.82) is 0 Å². The highest BCUT2D eigenvalue weighted by atomic mass is 16.1. The Kier molecular flexibility index (Phi) is 3.82. The molecule has 2 atom stereocenters. The zero-order valence-corrected chi connectivity index (χ0v) is 11.3. The van der Waals surface area contributed by atoms with Crippen LogP contribution in [0.15, 0.2) is 0 Å². The number of piperidine rings is 1. The van der Waals surface area contributed by atoms with Crippen LogP contribution in [0.2, 0.25) is 0 Å². The van der Waals surface area contributed by atoms with Crippen molar-refractivity contribution in [2.45, 2.75) is 26.7 Å². The van der Waals surface area contributed by atoms with Gasteiger partial charge in [-0.15, -0.1) is 0 Å². The number of carbonyl (C=O) groups excluding carboxylic acids is 1. The summed E-state index contributed by atoms with van der Waals surface area (Å²) in [7, 11) is 0. The lowest BCUT2D eigenvalue weighted by Gasteiger charge is -2.35. The standard InChI is InChI=1S/C12H20N6O/c1-3-9-15-11(14)17-12(16-9)18-5-7(2)4-8(6-18)10(13)19/h7-8H,3-6H2,1-2H3,(H2,13,19)(H2,14,15,16,17). The largest absolute Gasteiger partial charge is 0.369 e. The van der Waals surface area contributed by atoms with E-state index in [-0.39, 0.29) is 17.8 Å². The predicted molar refractivity (Wildman–Crippen MR) is 72.3 cm³/mol. The highest BCUT2D eigenvalue weighted by Crippen LogP contribution is 2.24. The van der Waals surface area contributed by atoms with Crippen molar-refractivity contribution in [2.24, 2.45) is 17.6 Å². The molecule has 1 aliphatic heterocycles. The lowest BCUT2D eigenvalue weighted by atomic mass is 9.90. The van der Waals surface area contributed by atoms with E-state index < -0.39 is 0 Å². The van der Waals surface area contributed by atoms with Gasteiger partial charge >= 0.3 is 0 Å². The number of nitrogens with two attached hydrogens (primary N) is 2. The highest BCUT2D eigenvalue weighted by Gasteiger charge is 2.29. The number of aromatic nitrogens is 3. The first-order chi connectivity index (χ1) is 8.99. The van der Waals surface area contributed by atoms with E-state index in [1.165, 1.54) is 0 Å². The first kappa shape index (κ1) is 13.5. The van der Waals surface area contributed by atoms with Gasteiger partial charge in [0.1, 0.15) is 5.82 Å². The van der Waals surface area contributed by atoms with Crippen molar-refractivity contribution in [3.8, 4) is 0 Å². The third kappa shape index (κ3) is 3.10. The van der Waals surface area contributed by atoms with Gasteiger partial charge in [-0.05, 0) is 12.3 Å². The number of nitrogen functional groups attached to an aromatic ring is 1. The molecule has 0 spiro atoms. The molecule has 1 aliphatic rings. The van der Waals surface area contributed by atoms with Crippen molar-refractivity contribution in [1.82, 2.24) is 15.0 Å². The topological polar surface area (TPSA) is 111 Å². The van der Waals surface area contributed by atoms with Crippen molar-refractivity contribution >= 4 is 17.8 Å². The molecule has 0 aliphatic carbocycles. The first-order valence-corrected chi connectivity index (χ1v) is 6.54. The van der Waals surface area contributed by atoms with Gasteiger partial charge in [0.05, 0.1) is 5.92 Å². The summed E-state index contributed by atoms with van der Waals surface area (Å²) in [5.41, 5.74) is 11.1. The smallest absolute Gasteiger partial charge is 0.230 e. The van der Waals surface area contributed by atoms with Crippen molar-refractivity contribution in [3.63, 3.8) is 0 Å². The second-order valence-corrected chi connectivity index (χ2v) is 5.11. The van der Waals surface area contributed by atoms with Gasteiger partial charge in [-0.2, -0.15) is 15.0 Å². The van der Waals surface area contributed by atoms with Crippen molar-refractivity contribution in [3.05, 3.63) is 5.82 Å². The van der Waals surface area contributed by atoms with Crippen LogP contribution < -0.4 is 16.4 Å². The molecule has 2 rings (SSSR count). The van der Waals surface area contributed by atoms with E-state index in [2.05, 4.69) is 21.9 Å². The number of hydrogen-bond acceptors (Lipinski definition) is 6. The molecule has 1 fully saturated rings. The summed E-state index contributed by atoms with van der Waals surface area (Å²) in [6, 6.07) is 0. The van der Waals surface area contributed by atoms with Crippen LogP contribution in [-0.4, -0.2) is 33.9 Å². The summed E-state index contributed by atoms with van der Waals surface area (Å²) < 4.78 is 0. The van der Waals surface area contributed by atoms with Gasteiger partial charge < -0.3 is 16.4 Å². The Morgan fingerprint density at radius 1 is 1.37 bits per heavy atom. The second kappa shape index (κ2) is 5.38. The summed E-state index contributed by atoms with van der Waals surface area (Å²) >= 11 is 0. The maximum absolute atomic E-state index is 11.4. The summed E-state index contributed by atoms with van der Waals surface area (Å²) in [4.78, 5) is 26.0. The quantitative estimate of drug-likeness (QED) is 0.792. The van der Waals surface area contributed by atoms with E-state index in [1.807, 2.05) is 11.8 Å². The molecule has 104 valence electrons. The first-order valence-electron chi connectivity index (χ1n) is 6.54. The zero-order chi connectivity index (χ0) is 14.0. The zero-order valence-electron chi connectivity index (χ0n) is 11.3. The Balaban J connectivity index is 2.25. The molecule has 1 aromatic heterocycles. The van der Waals surface area contributed by atoms with Crippen LogP contribution in [-0.2, 0) is 11.2 Å². The van der Waals surface area contributed by atoms with Crippen LogP contribution in [0.5, 0.6) is 0 Å². The van der Waals surface area contributed by atoms with Crippen LogP contribution in [0.3, 0.4) is 0 Å². The third-order valence-corrected chi connectivity index (χ3v) is 3.35. The second-order valence-electron chi connectivity index (χ2n) is 5.11. The number of primary amides is 1. The Bertz CT molecular complexity index is 477. The lowest BCUT2D eigenvalue weighted by molar-refractivity contribution is -0.122. The van der Waals surface area contributed by atoms with E-state index in [4.69, 9.17) is 11.5 Å². The van der Waals surface area contributed by atoms with Gasteiger partial charge in [-0.1, -0.05) is 13.8 Å². The van der Waals surface area contributed by atoms with Crippen molar-refractivity contribution in [2.75, 3.05) is 23.7 Å². The van der Waals surface area contributed by atoms with E-state index in [1.54, 1.807) is 0 Å². The third-order valence-electron chi connectivity index (χ3n) is 3.35. The van der Waals surface area contributed by atoms with Crippen LogP contribution in [0, 0.1) is 11.8 Å². The summed E-state index contributed by atoms with van der Waals surface area (Å²) in [5.74, 6) is 1.37. The Morgan fingerprint density at radius 3 is 2.74 bits per heavy atom. The molecule has 1 saturated heterocycles. The maximum atomic E-state index is 11.4. The summed E-state index contributed by atoms with van der Waals surface area (Å²) in [6.07, 6.45) is 1.51. The SMILES string of the molecule is CCc1nc(N)nc(N2CC(C)CC(C(N)=O)C2)n1. The van der Waals surface area contributed by atoms with Gasteiger partial charge in [-0.3, -0.25) is 4.79 Å². The van der Waals surface area contributed by atoms with Gasteiger partial charge in [0.25, 0.3) is 0 Å². The van der Waals surface area contributed by atoms with Crippen LogP contribution in [0.1, 0.15) is 26.1 Å². The number of anilines is 2. The monoisotopic (exact) mass is 264 g/mol. The molecule has 1 amide bonds. The minimum Gasteiger partial charge on any atom is -0.369 e. The summed E-state index contributed by atoms with van der Waals surface area (Å²) in [5, 5.41) is 0. The summed E-state index contributed by atoms with van der Waals surface area (Å²) in [6.45, 7) is 5.40. The number of nitrogens with zero attached hydrogens (tertiary/aromatic N) is 4. The Labute approximate surface area is 112 Å². The van der Waals surface area contributed by atoms with E-state index in [9.17, 15) is 4.79 Å². The molecule has 4 N–H and O–H groups in total. The number of rotatable bonds is 3. The molecule has 0 saturated carbocycles. The Morgan fingerprint density at radius 2 is 2.11 bits per heavy atom. The maximum Gasteiger partial charge on any atom is 0.230 e. The fraction of sp³-hybridized carbons (Fsp3) is 0.667. The van der Waals surface area contributed by atoms with Crippen molar-refractivity contribution < 1.29 is 4.79 Å². The molecule has 7 nitrogen and oxygen atoms in total. The molecule has 2 unspecified atom stereocenters. The van der Waals surface area contributed by atoms with Crippen LogP contribution in [0.25, 0.3) is 0 Å². The highest BCUT2D eigenvalue weighted by molar-refractivity contribution is 5.77. The molecule has 1 aromatic rings. The number of aryl methyl sites for hydroxylation is 1. The molecule has 19 heavy (non-hydrogen) atoms. The normalized spacial score (nSPS) is 23.4. The van der Waals surface area contributed by atoms with Crippen LogP contribution in [0.4, 0.5) is 11.9 Å². The van der Waals surface area contributed by atoms with E-state index in [0.29, 0.717) is 30.7 Å². The average Bonchev–Trinajstić information content (AvgIpc) is 2.37. The fourth-order valence-corrected chi connectivity index (χ4v) is 2.45. The van der Waals surface area contributed by atoms with Crippen LogP contribution >= 0.6 is 0 Å². The lowest BCUT2D eigenvalue weighted by Crippen LogP contribution is -2.45. The van der Waals surface area contributed by atoms with E-state index >= 15 is 0 Å². The number of carbonyl (C=O) groups is 1. The minimum absolute atomic E-state index is 0.160. The molecule has 0 aromatic carbocycles. The molecular formula is C12H20N6O. The van der Waals surface area contributed by atoms with E-state index in [0.717, 1.165) is 13.0 Å². The minimum atomic E-state index is -0.269. The molecular weight excluding hydrogens is 244 g/mol. The van der Waals surface area contributed by atoms with Gasteiger partial charge in [-0.25, -0.2) is 0 Å². The molecule has 0 radical (unpaired) electrons. The number of hydrogen-bond donors (Lipinski definition) is 2. The number of amides is 1. The van der Waals surface area contributed by atoms with Gasteiger partial charge in [0, 0.05) is 19.5 Å². The Hall–Kier alpha value is -1.92. The van der Waals surface area contributed by atoms with Gasteiger partial charge in [0.2, 0.25) is 17.8 Å². The molecule has 0 bridgehead atoms.